The summed E-state index contributed by atoms with van der Waals surface area (Å²) in [5.74, 6) is 2.07. The zero-order chi connectivity index (χ0) is 22.0. The molecular formula is C24H42Cl2O2Si2Zr. The average Bonchev–Trinajstić information content (AvgIpc) is 3.05. The number of hydrogen-bond acceptors (Lipinski definition) is 2. The molecule has 0 aliphatic heterocycles. The van der Waals surface area contributed by atoms with E-state index >= 15 is 0 Å². The number of hydrogen-bond donors (Lipinski definition) is 0. The van der Waals surface area contributed by atoms with Gasteiger partial charge >= 0.3 is 26.2 Å². The first kappa shape index (κ1) is 35.8. The van der Waals surface area contributed by atoms with Crippen molar-refractivity contribution in [3.8, 4) is 11.5 Å². The minimum absolute atomic E-state index is 0. The number of aryl methyl sites for hydroxylation is 2. The maximum Gasteiger partial charge on any atom is 4.00 e. The summed E-state index contributed by atoms with van der Waals surface area (Å²) in [6, 6.07) is 12.6. The van der Waals surface area contributed by atoms with E-state index in [1.54, 1.807) is 0 Å². The van der Waals surface area contributed by atoms with Crippen molar-refractivity contribution in [2.24, 2.45) is 0 Å². The van der Waals surface area contributed by atoms with E-state index < -0.39 is 16.6 Å². The van der Waals surface area contributed by atoms with Crippen LogP contribution in [0.15, 0.2) is 36.4 Å². The molecule has 0 saturated heterocycles. The molecule has 0 radical (unpaired) electrons. The fourth-order valence-corrected chi connectivity index (χ4v) is 4.14. The van der Waals surface area contributed by atoms with Crippen LogP contribution in [0.4, 0.5) is 0 Å². The summed E-state index contributed by atoms with van der Waals surface area (Å²) in [4.78, 5) is 0. The minimum atomic E-state index is -1.63. The first-order chi connectivity index (χ1) is 12.4. The molecule has 0 N–H and O–H groups in total. The summed E-state index contributed by atoms with van der Waals surface area (Å²) in [7, 11) is -3.26. The van der Waals surface area contributed by atoms with Crippen LogP contribution in [-0.2, 0) is 26.2 Å². The van der Waals surface area contributed by atoms with Crippen molar-refractivity contribution in [2.45, 2.75) is 91.7 Å². The summed E-state index contributed by atoms with van der Waals surface area (Å²) < 4.78 is 12.3. The third kappa shape index (κ3) is 11.2. The molecule has 0 heterocycles. The SMILES string of the molecule is Cc1cc[c-](O[Si](C)(C)C(C)(C)C)c1.Cc1cc[c-](O[Si](C)(C)C(C)(C)C)c1.[Cl-].[Cl-].[Zr+4]. The van der Waals surface area contributed by atoms with E-state index in [9.17, 15) is 0 Å². The molecular weight excluding hydrogens is 539 g/mol. The van der Waals surface area contributed by atoms with Gasteiger partial charge in [-0.1, -0.05) is 55.4 Å². The average molecular weight is 581 g/mol. The van der Waals surface area contributed by atoms with Crippen molar-refractivity contribution in [3.63, 3.8) is 0 Å². The molecule has 0 aromatic heterocycles. The Morgan fingerprint density at radius 1 is 0.645 bits per heavy atom. The summed E-state index contributed by atoms with van der Waals surface area (Å²) in [5.41, 5.74) is 2.55. The predicted octanol–water partition coefficient (Wildman–Crippen LogP) is 2.20. The van der Waals surface area contributed by atoms with Gasteiger partial charge in [0.25, 0.3) is 0 Å². The molecule has 0 fully saturated rings. The van der Waals surface area contributed by atoms with Gasteiger partial charge in [-0.15, -0.1) is 24.3 Å². The molecule has 2 nitrogen and oxygen atoms in total. The van der Waals surface area contributed by atoms with Crippen molar-refractivity contribution in [1.82, 2.24) is 0 Å². The molecule has 0 spiro atoms. The van der Waals surface area contributed by atoms with Gasteiger partial charge in [-0.3, -0.25) is 0 Å². The first-order valence-corrected chi connectivity index (χ1v) is 16.1. The largest absolute Gasteiger partial charge is 4.00 e. The van der Waals surface area contributed by atoms with Crippen LogP contribution in [-0.4, -0.2) is 16.6 Å². The molecule has 31 heavy (non-hydrogen) atoms. The Hall–Kier alpha value is 0.197. The molecule has 2 aromatic rings. The second-order valence-electron chi connectivity index (χ2n) is 11.0. The van der Waals surface area contributed by atoms with E-state index in [1.165, 1.54) is 11.1 Å². The van der Waals surface area contributed by atoms with Crippen molar-refractivity contribution in [3.05, 3.63) is 47.5 Å². The van der Waals surface area contributed by atoms with E-state index in [4.69, 9.17) is 8.85 Å². The van der Waals surface area contributed by atoms with Crippen LogP contribution in [0, 0.1) is 13.8 Å². The Labute approximate surface area is 225 Å². The summed E-state index contributed by atoms with van der Waals surface area (Å²) in [6.45, 7) is 26.8. The Morgan fingerprint density at radius 2 is 0.903 bits per heavy atom. The molecule has 176 valence electrons. The fourth-order valence-electron chi connectivity index (χ4n) is 2.09. The molecule has 0 atom stereocenters. The second kappa shape index (κ2) is 13.2. The van der Waals surface area contributed by atoms with E-state index in [-0.39, 0.29) is 61.1 Å². The van der Waals surface area contributed by atoms with Crippen molar-refractivity contribution in [1.29, 1.82) is 0 Å². The maximum absolute atomic E-state index is 6.13. The molecule has 0 amide bonds. The predicted molar refractivity (Wildman–Crippen MR) is 129 cm³/mol. The summed E-state index contributed by atoms with van der Waals surface area (Å²) >= 11 is 0. The van der Waals surface area contributed by atoms with Gasteiger partial charge in [0.2, 0.25) is 16.6 Å². The smallest absolute Gasteiger partial charge is 1.00 e. The van der Waals surface area contributed by atoms with Crippen LogP contribution in [0.5, 0.6) is 11.5 Å². The van der Waals surface area contributed by atoms with Crippen LogP contribution in [0.3, 0.4) is 0 Å². The van der Waals surface area contributed by atoms with E-state index in [2.05, 4.69) is 118 Å². The van der Waals surface area contributed by atoms with Crippen molar-refractivity contribution < 1.29 is 59.9 Å². The van der Waals surface area contributed by atoms with Gasteiger partial charge in [-0.2, -0.15) is 11.1 Å². The van der Waals surface area contributed by atoms with Crippen molar-refractivity contribution >= 4 is 16.6 Å². The van der Waals surface area contributed by atoms with Crippen LogP contribution in [0.1, 0.15) is 52.7 Å². The normalized spacial score (nSPS) is 11.7. The first-order valence-electron chi connectivity index (χ1n) is 10.3. The molecule has 2 rings (SSSR count). The van der Waals surface area contributed by atoms with Crippen molar-refractivity contribution in [2.75, 3.05) is 0 Å². The van der Waals surface area contributed by atoms with Crippen LogP contribution < -0.4 is 33.7 Å². The monoisotopic (exact) mass is 578 g/mol. The minimum Gasteiger partial charge on any atom is -1.00 e. The molecule has 0 saturated carbocycles. The quantitative estimate of drug-likeness (QED) is 0.408. The summed E-state index contributed by atoms with van der Waals surface area (Å²) in [6.07, 6.45) is 0. The Balaban J connectivity index is -0.000000461. The maximum atomic E-state index is 6.13. The standard InChI is InChI=1S/2C12H21OSi.2ClH.Zr/c2*1-10-7-8-11(9-10)13-14(5,6)12(2,3)4;;;/h2*7-9H,1-6H3;2*1H;/q2*-1;;;+4/p-2. The third-order valence-electron chi connectivity index (χ3n) is 6.12. The Morgan fingerprint density at radius 3 is 1.06 bits per heavy atom. The molecule has 2 aromatic carbocycles. The van der Waals surface area contributed by atoms with Gasteiger partial charge in [-0.25, -0.2) is 12.1 Å². The molecule has 0 aliphatic rings. The second-order valence-corrected chi connectivity index (χ2v) is 20.4. The van der Waals surface area contributed by atoms with E-state index in [1.807, 2.05) is 0 Å². The molecule has 0 aliphatic carbocycles. The molecule has 0 bridgehead atoms. The van der Waals surface area contributed by atoms with E-state index in [0.29, 0.717) is 0 Å². The van der Waals surface area contributed by atoms with Gasteiger partial charge in [0.1, 0.15) is 0 Å². The van der Waals surface area contributed by atoms with Gasteiger partial charge in [0.05, 0.1) is 0 Å². The topological polar surface area (TPSA) is 18.5 Å². The number of halogens is 2. The van der Waals surface area contributed by atoms with E-state index in [0.717, 1.165) is 11.5 Å². The zero-order valence-corrected chi connectivity index (χ0v) is 27.5. The zero-order valence-electron chi connectivity index (χ0n) is 21.5. The van der Waals surface area contributed by atoms with Gasteiger partial charge in [0.15, 0.2) is 0 Å². The molecule has 7 heteroatoms. The van der Waals surface area contributed by atoms with Crippen LogP contribution >= 0.6 is 0 Å². The fraction of sp³-hybridized carbons (Fsp3) is 0.583. The van der Waals surface area contributed by atoms with Gasteiger partial charge < -0.3 is 33.7 Å². The van der Waals surface area contributed by atoms with Gasteiger partial charge in [0, 0.05) is 0 Å². The molecule has 0 unspecified atom stereocenters. The van der Waals surface area contributed by atoms with Crippen LogP contribution in [0.25, 0.3) is 0 Å². The number of rotatable bonds is 4. The Kier molecular flexibility index (Phi) is 15.2. The van der Waals surface area contributed by atoms with Crippen LogP contribution in [0.2, 0.25) is 36.3 Å². The summed E-state index contributed by atoms with van der Waals surface area (Å²) in [5, 5.41) is 0.552. The van der Waals surface area contributed by atoms with Gasteiger partial charge in [-0.05, 0) is 47.8 Å². The third-order valence-corrected chi connectivity index (χ3v) is 14.8. The Bertz CT molecular complexity index is 690.